The molecule has 3 aromatic carbocycles. The van der Waals surface area contributed by atoms with Crippen LogP contribution < -0.4 is 4.72 Å². The predicted molar refractivity (Wildman–Crippen MR) is 144 cm³/mol. The Bertz CT molecular complexity index is 1540. The van der Waals surface area contributed by atoms with Crippen LogP contribution in [0.3, 0.4) is 0 Å². The van der Waals surface area contributed by atoms with Crippen molar-refractivity contribution in [2.45, 2.75) is 48.4 Å². The highest BCUT2D eigenvalue weighted by Gasteiger charge is 2.34. The molecule has 1 aliphatic rings. The number of aryl methyl sites for hydroxylation is 2. The van der Waals surface area contributed by atoms with E-state index in [1.807, 2.05) is 18.2 Å². The molecule has 3 aromatic rings. The number of carbonyl (C=O) groups is 1. The van der Waals surface area contributed by atoms with Crippen LogP contribution >= 0.6 is 11.6 Å². The Hall–Kier alpha value is -2.79. The van der Waals surface area contributed by atoms with Crippen LogP contribution in [0.1, 0.15) is 47.1 Å². The standard InChI is InChI=1S/C27H28ClFN2O5S2/c1-18-17-25(19(2)16-24(18)28)38(35,36)30-26(22-8-10-23(11-9-22)37(29,33)34)27(32)31-14-12-21(13-15-31)20-6-4-3-5-7-20/h3-11,16-17,21,26,30H,12-15H2,1-2H3. The van der Waals surface area contributed by atoms with E-state index in [2.05, 4.69) is 16.9 Å². The van der Waals surface area contributed by atoms with Gasteiger partial charge in [0.1, 0.15) is 6.04 Å². The number of sulfonamides is 1. The molecule has 0 spiro atoms. The first-order valence-corrected chi connectivity index (χ1v) is 15.3. The van der Waals surface area contributed by atoms with Crippen LogP contribution in [0.15, 0.2) is 76.5 Å². The molecule has 1 saturated heterocycles. The fraction of sp³-hybridized carbons (Fsp3) is 0.296. The Balaban J connectivity index is 1.64. The first-order valence-electron chi connectivity index (χ1n) is 12.0. The van der Waals surface area contributed by atoms with Crippen molar-refractivity contribution in [3.63, 3.8) is 0 Å². The van der Waals surface area contributed by atoms with Gasteiger partial charge >= 0.3 is 10.2 Å². The number of halogens is 2. The summed E-state index contributed by atoms with van der Waals surface area (Å²) in [6, 6.07) is 16.1. The largest absolute Gasteiger partial charge is 0.341 e. The lowest BCUT2D eigenvalue weighted by molar-refractivity contribution is -0.134. The van der Waals surface area contributed by atoms with Gasteiger partial charge in [-0.3, -0.25) is 4.79 Å². The van der Waals surface area contributed by atoms with Crippen molar-refractivity contribution in [1.29, 1.82) is 0 Å². The van der Waals surface area contributed by atoms with Crippen LogP contribution in [-0.2, 0) is 25.0 Å². The number of hydrogen-bond acceptors (Lipinski definition) is 5. The van der Waals surface area contributed by atoms with E-state index in [4.69, 9.17) is 11.6 Å². The van der Waals surface area contributed by atoms with E-state index < -0.39 is 37.1 Å². The summed E-state index contributed by atoms with van der Waals surface area (Å²) >= 11 is 6.14. The van der Waals surface area contributed by atoms with Crippen molar-refractivity contribution in [2.75, 3.05) is 13.1 Å². The van der Waals surface area contributed by atoms with Crippen molar-refractivity contribution in [2.24, 2.45) is 0 Å². The van der Waals surface area contributed by atoms with Crippen molar-refractivity contribution in [3.8, 4) is 0 Å². The quantitative estimate of drug-likeness (QED) is 0.396. The van der Waals surface area contributed by atoms with Gasteiger partial charge in [0.05, 0.1) is 9.79 Å². The number of piperidine rings is 1. The molecule has 0 aliphatic carbocycles. The molecule has 0 radical (unpaired) electrons. The first-order chi connectivity index (χ1) is 17.9. The fourth-order valence-corrected chi connectivity index (χ4v) is 6.86. The first kappa shape index (κ1) is 28.2. The average Bonchev–Trinajstić information content (AvgIpc) is 2.89. The summed E-state index contributed by atoms with van der Waals surface area (Å²) in [5.41, 5.74) is 2.34. The molecule has 1 N–H and O–H groups in total. The molecule has 1 amide bonds. The van der Waals surface area contributed by atoms with Crippen LogP contribution in [0.25, 0.3) is 0 Å². The number of likely N-dealkylation sites (tertiary alicyclic amines) is 1. The van der Waals surface area contributed by atoms with Crippen LogP contribution in [0.2, 0.25) is 5.02 Å². The minimum atomic E-state index is -4.96. The van der Waals surface area contributed by atoms with Gasteiger partial charge in [-0.25, -0.2) is 8.42 Å². The second-order valence-corrected chi connectivity index (χ2v) is 12.9. The molecule has 38 heavy (non-hydrogen) atoms. The van der Waals surface area contributed by atoms with E-state index in [9.17, 15) is 25.5 Å². The lowest BCUT2D eigenvalue weighted by atomic mass is 9.89. The van der Waals surface area contributed by atoms with E-state index in [0.29, 0.717) is 42.1 Å². The van der Waals surface area contributed by atoms with Gasteiger partial charge in [-0.05, 0) is 79.1 Å². The number of carbonyl (C=O) groups excluding carboxylic acids is 1. The maximum absolute atomic E-state index is 13.7. The monoisotopic (exact) mass is 578 g/mol. The Morgan fingerprint density at radius 1 is 0.947 bits per heavy atom. The van der Waals surface area contributed by atoms with E-state index in [1.165, 1.54) is 29.8 Å². The summed E-state index contributed by atoms with van der Waals surface area (Å²) in [5.74, 6) is -0.191. The molecule has 1 fully saturated rings. The van der Waals surface area contributed by atoms with E-state index in [1.54, 1.807) is 18.7 Å². The summed E-state index contributed by atoms with van der Waals surface area (Å²) in [5, 5.41) is 0.415. The fourth-order valence-electron chi connectivity index (χ4n) is 4.69. The van der Waals surface area contributed by atoms with Gasteiger partial charge in [-0.15, -0.1) is 3.89 Å². The molecule has 1 atom stereocenters. The highest BCUT2D eigenvalue weighted by Crippen LogP contribution is 2.31. The molecule has 1 heterocycles. The maximum atomic E-state index is 13.7. The summed E-state index contributed by atoms with van der Waals surface area (Å²) in [6.07, 6.45) is 1.42. The lowest BCUT2D eigenvalue weighted by Crippen LogP contribution is -2.46. The smallest absolute Gasteiger partial charge is 0.332 e. The number of nitrogens with zero attached hydrogens (tertiary/aromatic N) is 1. The molecule has 4 rings (SSSR count). The topological polar surface area (TPSA) is 101 Å². The Kier molecular flexibility index (Phi) is 8.27. The molecule has 0 saturated carbocycles. The van der Waals surface area contributed by atoms with Gasteiger partial charge < -0.3 is 4.90 Å². The summed E-state index contributed by atoms with van der Waals surface area (Å²) in [4.78, 5) is 14.7. The molecular weight excluding hydrogens is 551 g/mol. The SMILES string of the molecule is Cc1cc(S(=O)(=O)NC(C(=O)N2CCC(c3ccccc3)CC2)c2ccc(S(=O)(=O)F)cc2)c(C)cc1Cl. The summed E-state index contributed by atoms with van der Waals surface area (Å²) in [7, 11) is -9.16. The normalized spacial score (nSPS) is 15.8. The number of amides is 1. The van der Waals surface area contributed by atoms with Crippen LogP contribution in [0, 0.1) is 13.8 Å². The summed E-state index contributed by atoms with van der Waals surface area (Å²) < 4.78 is 65.5. The van der Waals surface area contributed by atoms with Crippen molar-refractivity contribution in [3.05, 3.63) is 94.0 Å². The third-order valence-electron chi connectivity index (χ3n) is 6.84. The highest BCUT2D eigenvalue weighted by atomic mass is 35.5. The van der Waals surface area contributed by atoms with Crippen molar-refractivity contribution >= 4 is 37.8 Å². The average molecular weight is 579 g/mol. The second-order valence-electron chi connectivity index (χ2n) is 9.44. The van der Waals surface area contributed by atoms with E-state index in [-0.39, 0.29) is 16.4 Å². The van der Waals surface area contributed by atoms with Crippen LogP contribution in [-0.4, -0.2) is 40.7 Å². The molecule has 0 aromatic heterocycles. The minimum absolute atomic E-state index is 0.0251. The second kappa shape index (κ2) is 11.1. The summed E-state index contributed by atoms with van der Waals surface area (Å²) in [6.45, 7) is 4.13. The Morgan fingerprint density at radius 2 is 1.55 bits per heavy atom. The third kappa shape index (κ3) is 6.26. The molecule has 202 valence electrons. The van der Waals surface area contributed by atoms with Crippen LogP contribution in [0.4, 0.5) is 3.89 Å². The number of nitrogens with one attached hydrogen (secondary N) is 1. The molecule has 0 bridgehead atoms. The number of benzene rings is 3. The Labute approximate surface area is 227 Å². The minimum Gasteiger partial charge on any atom is -0.341 e. The predicted octanol–water partition coefficient (Wildman–Crippen LogP) is 5.04. The van der Waals surface area contributed by atoms with Crippen molar-refractivity contribution in [1.82, 2.24) is 9.62 Å². The molecule has 11 heteroatoms. The van der Waals surface area contributed by atoms with Crippen molar-refractivity contribution < 1.29 is 25.5 Å². The zero-order valence-electron chi connectivity index (χ0n) is 20.9. The molecule has 1 aliphatic heterocycles. The highest BCUT2D eigenvalue weighted by molar-refractivity contribution is 7.89. The van der Waals surface area contributed by atoms with Gasteiger partial charge in [0.15, 0.2) is 0 Å². The molecule has 7 nitrogen and oxygen atoms in total. The lowest BCUT2D eigenvalue weighted by Gasteiger charge is -2.34. The van der Waals surface area contributed by atoms with Gasteiger partial charge in [0.25, 0.3) is 0 Å². The van der Waals surface area contributed by atoms with E-state index >= 15 is 0 Å². The molecule has 1 unspecified atom stereocenters. The van der Waals surface area contributed by atoms with Crippen LogP contribution in [0.5, 0.6) is 0 Å². The number of hydrogen-bond donors (Lipinski definition) is 1. The van der Waals surface area contributed by atoms with E-state index in [0.717, 1.165) is 12.1 Å². The Morgan fingerprint density at radius 3 is 2.13 bits per heavy atom. The van der Waals surface area contributed by atoms with Gasteiger partial charge in [-0.2, -0.15) is 13.1 Å². The molecular formula is C27H28ClFN2O5S2. The zero-order chi connectivity index (χ0) is 27.7. The van der Waals surface area contributed by atoms with Gasteiger partial charge in [-0.1, -0.05) is 54.1 Å². The van der Waals surface area contributed by atoms with Gasteiger partial charge in [0.2, 0.25) is 15.9 Å². The zero-order valence-corrected chi connectivity index (χ0v) is 23.3. The third-order valence-corrected chi connectivity index (χ3v) is 9.65. The number of rotatable bonds is 7. The maximum Gasteiger partial charge on any atom is 0.332 e. The van der Waals surface area contributed by atoms with Gasteiger partial charge in [0, 0.05) is 18.1 Å².